The molecule has 1 aromatic carbocycles. The minimum Gasteiger partial charge on any atom is -0.360 e. The number of anilines is 1. The van der Waals surface area contributed by atoms with Gasteiger partial charge in [0.15, 0.2) is 10.7 Å². The number of nitrogens with zero attached hydrogens (tertiary/aromatic N) is 2. The van der Waals surface area contributed by atoms with Gasteiger partial charge in [-0.15, -0.1) is 11.3 Å². The Bertz CT molecular complexity index is 906. The van der Waals surface area contributed by atoms with E-state index in [9.17, 15) is 8.42 Å². The smallest absolute Gasteiger partial charge is 0.267 e. The Morgan fingerprint density at radius 1 is 1.24 bits per heavy atom. The van der Waals surface area contributed by atoms with Gasteiger partial charge in [-0.2, -0.15) is 0 Å². The van der Waals surface area contributed by atoms with Crippen LogP contribution in [0.4, 0.5) is 5.69 Å². The summed E-state index contributed by atoms with van der Waals surface area (Å²) in [6, 6.07) is 5.29. The van der Waals surface area contributed by atoms with Gasteiger partial charge in [-0.3, -0.25) is 4.72 Å². The van der Waals surface area contributed by atoms with E-state index >= 15 is 0 Å². The number of hydrogen-bond donors (Lipinski definition) is 1. The average molecular weight is 323 g/mol. The summed E-state index contributed by atoms with van der Waals surface area (Å²) in [5, 5.41) is 4.61. The Balaban J connectivity index is 2.01. The molecule has 0 aliphatic rings. The first-order valence-corrected chi connectivity index (χ1v) is 8.50. The van der Waals surface area contributed by atoms with Crippen molar-refractivity contribution in [2.24, 2.45) is 0 Å². The molecular weight excluding hydrogens is 310 g/mol. The van der Waals surface area contributed by atoms with Crippen LogP contribution in [0.15, 0.2) is 27.6 Å². The Morgan fingerprint density at radius 2 is 2.00 bits per heavy atom. The van der Waals surface area contributed by atoms with Gasteiger partial charge in [0.2, 0.25) is 0 Å². The number of aromatic nitrogens is 2. The summed E-state index contributed by atoms with van der Waals surface area (Å²) in [6.07, 6.45) is 0. The van der Waals surface area contributed by atoms with Crippen LogP contribution in [-0.4, -0.2) is 18.6 Å². The predicted molar refractivity (Wildman–Crippen MR) is 81.1 cm³/mol. The third-order valence-electron chi connectivity index (χ3n) is 2.98. The Hall–Kier alpha value is -1.93. The average Bonchev–Trinajstić information content (AvgIpc) is 2.90. The zero-order valence-corrected chi connectivity index (χ0v) is 13.3. The zero-order valence-electron chi connectivity index (χ0n) is 11.7. The van der Waals surface area contributed by atoms with Crippen molar-refractivity contribution in [2.75, 3.05) is 4.72 Å². The maximum atomic E-state index is 12.4. The SMILES string of the molecule is Cc1nc2cc(NS(=O)(=O)c3c(C)noc3C)ccc2s1. The number of benzene rings is 1. The molecule has 0 saturated heterocycles. The van der Waals surface area contributed by atoms with Gasteiger partial charge in [-0.1, -0.05) is 5.16 Å². The van der Waals surface area contributed by atoms with Crippen LogP contribution >= 0.6 is 11.3 Å². The van der Waals surface area contributed by atoms with Crippen LogP contribution in [0.5, 0.6) is 0 Å². The van der Waals surface area contributed by atoms with E-state index in [2.05, 4.69) is 14.9 Å². The third-order valence-corrected chi connectivity index (χ3v) is 5.56. The number of fused-ring (bicyclic) bond motifs is 1. The largest absolute Gasteiger partial charge is 0.360 e. The highest BCUT2D eigenvalue weighted by Crippen LogP contribution is 2.27. The first kappa shape index (κ1) is 14.0. The molecule has 3 rings (SSSR count). The molecule has 0 saturated carbocycles. The molecule has 0 unspecified atom stereocenters. The minimum absolute atomic E-state index is 0.0806. The maximum Gasteiger partial charge on any atom is 0.267 e. The monoisotopic (exact) mass is 323 g/mol. The van der Waals surface area contributed by atoms with E-state index < -0.39 is 10.0 Å². The number of sulfonamides is 1. The lowest BCUT2D eigenvalue weighted by Gasteiger charge is -2.07. The van der Waals surface area contributed by atoms with E-state index in [0.29, 0.717) is 11.4 Å². The van der Waals surface area contributed by atoms with Crippen molar-refractivity contribution in [1.29, 1.82) is 0 Å². The van der Waals surface area contributed by atoms with E-state index in [1.807, 2.05) is 13.0 Å². The Kier molecular flexibility index (Phi) is 3.22. The quantitative estimate of drug-likeness (QED) is 0.801. The fourth-order valence-electron chi connectivity index (χ4n) is 2.17. The highest BCUT2D eigenvalue weighted by atomic mass is 32.2. The molecular formula is C13H13N3O3S2. The molecule has 0 atom stereocenters. The summed E-state index contributed by atoms with van der Waals surface area (Å²) in [4.78, 5) is 4.44. The molecule has 21 heavy (non-hydrogen) atoms. The molecule has 8 heteroatoms. The van der Waals surface area contributed by atoms with Gasteiger partial charge >= 0.3 is 0 Å². The first-order chi connectivity index (χ1) is 9.87. The van der Waals surface area contributed by atoms with E-state index in [-0.39, 0.29) is 10.7 Å². The number of aryl methyl sites for hydroxylation is 3. The summed E-state index contributed by atoms with van der Waals surface area (Å²) in [7, 11) is -3.72. The predicted octanol–water partition coefficient (Wildman–Crippen LogP) is 3.01. The van der Waals surface area contributed by atoms with Crippen LogP contribution in [0.2, 0.25) is 0 Å². The maximum absolute atomic E-state index is 12.4. The van der Waals surface area contributed by atoms with Crippen LogP contribution in [-0.2, 0) is 10.0 Å². The van der Waals surface area contributed by atoms with Gasteiger partial charge in [0.25, 0.3) is 10.0 Å². The fraction of sp³-hybridized carbons (Fsp3) is 0.231. The number of nitrogens with one attached hydrogen (secondary N) is 1. The van der Waals surface area contributed by atoms with E-state index in [1.54, 1.807) is 37.3 Å². The molecule has 2 heterocycles. The number of hydrogen-bond acceptors (Lipinski definition) is 6. The second-order valence-corrected chi connectivity index (χ2v) is 7.53. The molecule has 2 aromatic heterocycles. The van der Waals surface area contributed by atoms with Crippen LogP contribution in [0.1, 0.15) is 16.5 Å². The standard InChI is InChI=1S/C13H13N3O3S2/c1-7-13(8(2)19-15-7)21(17,18)16-10-4-5-12-11(6-10)14-9(3)20-12/h4-6,16H,1-3H3. The highest BCUT2D eigenvalue weighted by molar-refractivity contribution is 7.92. The molecule has 1 N–H and O–H groups in total. The molecule has 0 aliphatic heterocycles. The van der Waals surface area contributed by atoms with Gasteiger partial charge in [-0.05, 0) is 39.0 Å². The summed E-state index contributed by atoms with van der Waals surface area (Å²) in [6.45, 7) is 5.08. The van der Waals surface area contributed by atoms with Crippen LogP contribution in [0.3, 0.4) is 0 Å². The topological polar surface area (TPSA) is 85.1 Å². The highest BCUT2D eigenvalue weighted by Gasteiger charge is 2.24. The zero-order chi connectivity index (χ0) is 15.2. The van der Waals surface area contributed by atoms with Gasteiger partial charge < -0.3 is 4.52 Å². The first-order valence-electron chi connectivity index (χ1n) is 6.20. The molecule has 0 spiro atoms. The Morgan fingerprint density at radius 3 is 2.67 bits per heavy atom. The molecule has 0 bridgehead atoms. The van der Waals surface area contributed by atoms with Crippen molar-refractivity contribution in [3.05, 3.63) is 34.7 Å². The summed E-state index contributed by atoms with van der Waals surface area (Å²) < 4.78 is 33.3. The minimum atomic E-state index is -3.72. The van der Waals surface area contributed by atoms with E-state index in [0.717, 1.165) is 15.2 Å². The second-order valence-electron chi connectivity index (χ2n) is 4.67. The molecule has 0 fully saturated rings. The van der Waals surface area contributed by atoms with Crippen molar-refractivity contribution in [3.63, 3.8) is 0 Å². The Labute approximate surface area is 125 Å². The lowest BCUT2D eigenvalue weighted by atomic mass is 10.3. The lowest BCUT2D eigenvalue weighted by Crippen LogP contribution is -2.14. The van der Waals surface area contributed by atoms with Gasteiger partial charge in [0.1, 0.15) is 5.69 Å². The second kappa shape index (κ2) is 4.81. The van der Waals surface area contributed by atoms with E-state index in [1.165, 1.54) is 0 Å². The molecule has 0 amide bonds. The molecule has 0 aliphatic carbocycles. The summed E-state index contributed by atoms with van der Waals surface area (Å²) in [5.41, 5.74) is 1.58. The van der Waals surface area contributed by atoms with Crippen molar-refractivity contribution in [3.8, 4) is 0 Å². The number of thiazole rings is 1. The van der Waals surface area contributed by atoms with Gasteiger partial charge in [0.05, 0.1) is 20.9 Å². The molecule has 3 aromatic rings. The fourth-order valence-corrected chi connectivity index (χ4v) is 4.36. The van der Waals surface area contributed by atoms with Crippen LogP contribution in [0.25, 0.3) is 10.2 Å². The molecule has 6 nitrogen and oxygen atoms in total. The van der Waals surface area contributed by atoms with Gasteiger partial charge in [0, 0.05) is 0 Å². The van der Waals surface area contributed by atoms with Crippen molar-refractivity contribution in [1.82, 2.24) is 10.1 Å². The van der Waals surface area contributed by atoms with Crippen molar-refractivity contribution < 1.29 is 12.9 Å². The normalized spacial score (nSPS) is 12.0. The molecule has 110 valence electrons. The summed E-state index contributed by atoms with van der Waals surface area (Å²) >= 11 is 1.57. The number of rotatable bonds is 3. The molecule has 0 radical (unpaired) electrons. The van der Waals surface area contributed by atoms with Crippen molar-refractivity contribution >= 4 is 37.3 Å². The van der Waals surface area contributed by atoms with Crippen LogP contribution in [0, 0.1) is 20.8 Å². The van der Waals surface area contributed by atoms with Crippen LogP contribution < -0.4 is 4.72 Å². The third kappa shape index (κ3) is 2.52. The van der Waals surface area contributed by atoms with Gasteiger partial charge in [-0.25, -0.2) is 13.4 Å². The lowest BCUT2D eigenvalue weighted by molar-refractivity contribution is 0.390. The summed E-state index contributed by atoms with van der Waals surface area (Å²) in [5.74, 6) is 0.269. The van der Waals surface area contributed by atoms with E-state index in [4.69, 9.17) is 4.52 Å². The van der Waals surface area contributed by atoms with Crippen molar-refractivity contribution in [2.45, 2.75) is 25.7 Å².